The molecule has 1 rings (SSSR count). The van der Waals surface area contributed by atoms with Crippen LogP contribution in [0.15, 0.2) is 12.1 Å². The first-order valence-corrected chi connectivity index (χ1v) is 4.62. The standard InChI is InChI=1S/C10H14ClNO/c1-6(12)5-8-7(2)9(11)3-4-10(8)13/h3-4,6,13H,5,12H2,1-2H3. The van der Waals surface area contributed by atoms with Crippen LogP contribution in [0, 0.1) is 6.92 Å². The maximum absolute atomic E-state index is 9.55. The molecule has 1 aromatic carbocycles. The maximum Gasteiger partial charge on any atom is 0.119 e. The van der Waals surface area contributed by atoms with Gasteiger partial charge in [0.1, 0.15) is 5.75 Å². The Bertz CT molecular complexity index is 310. The van der Waals surface area contributed by atoms with Gasteiger partial charge in [-0.1, -0.05) is 11.6 Å². The third-order valence-electron chi connectivity index (χ3n) is 2.03. The van der Waals surface area contributed by atoms with Crippen molar-refractivity contribution in [2.45, 2.75) is 26.3 Å². The van der Waals surface area contributed by atoms with E-state index in [-0.39, 0.29) is 11.8 Å². The molecule has 0 saturated carbocycles. The van der Waals surface area contributed by atoms with Gasteiger partial charge in [0.2, 0.25) is 0 Å². The summed E-state index contributed by atoms with van der Waals surface area (Å²) in [7, 11) is 0. The van der Waals surface area contributed by atoms with E-state index in [1.165, 1.54) is 0 Å². The van der Waals surface area contributed by atoms with E-state index in [0.29, 0.717) is 11.4 Å². The van der Waals surface area contributed by atoms with Gasteiger partial charge >= 0.3 is 0 Å². The lowest BCUT2D eigenvalue weighted by Gasteiger charge is -2.11. The van der Waals surface area contributed by atoms with Crippen molar-refractivity contribution in [3.63, 3.8) is 0 Å². The number of phenols is 1. The number of aromatic hydroxyl groups is 1. The molecule has 1 unspecified atom stereocenters. The van der Waals surface area contributed by atoms with Crippen LogP contribution >= 0.6 is 11.6 Å². The van der Waals surface area contributed by atoms with Crippen LogP contribution in [0.1, 0.15) is 18.1 Å². The Kier molecular flexibility index (Phi) is 3.17. The molecule has 1 atom stereocenters. The number of halogens is 1. The molecule has 0 spiro atoms. The minimum atomic E-state index is 0.0306. The fraction of sp³-hybridized carbons (Fsp3) is 0.400. The summed E-state index contributed by atoms with van der Waals surface area (Å²) >= 11 is 5.92. The van der Waals surface area contributed by atoms with Gasteiger partial charge in [-0.3, -0.25) is 0 Å². The molecule has 3 heteroatoms. The summed E-state index contributed by atoms with van der Waals surface area (Å²) in [5.41, 5.74) is 7.42. The van der Waals surface area contributed by atoms with Gasteiger partial charge in [-0.15, -0.1) is 0 Å². The summed E-state index contributed by atoms with van der Waals surface area (Å²) in [5, 5.41) is 10.2. The maximum atomic E-state index is 9.55. The molecule has 3 N–H and O–H groups in total. The average Bonchev–Trinajstić information content (AvgIpc) is 2.05. The molecule has 0 aliphatic carbocycles. The minimum Gasteiger partial charge on any atom is -0.508 e. The normalized spacial score (nSPS) is 12.9. The summed E-state index contributed by atoms with van der Waals surface area (Å²) < 4.78 is 0. The zero-order valence-electron chi connectivity index (χ0n) is 7.84. The van der Waals surface area contributed by atoms with Gasteiger partial charge in [0.05, 0.1) is 0 Å². The third-order valence-corrected chi connectivity index (χ3v) is 2.44. The third kappa shape index (κ3) is 2.36. The molecular weight excluding hydrogens is 186 g/mol. The van der Waals surface area contributed by atoms with Crippen molar-refractivity contribution in [1.29, 1.82) is 0 Å². The summed E-state index contributed by atoms with van der Waals surface area (Å²) in [6.07, 6.45) is 0.651. The first-order valence-electron chi connectivity index (χ1n) is 4.25. The summed E-state index contributed by atoms with van der Waals surface area (Å²) in [5.74, 6) is 0.277. The fourth-order valence-electron chi connectivity index (χ4n) is 1.29. The number of phenolic OH excluding ortho intramolecular Hbond substituents is 1. The lowest BCUT2D eigenvalue weighted by molar-refractivity contribution is 0.465. The second-order valence-electron chi connectivity index (χ2n) is 3.35. The zero-order chi connectivity index (χ0) is 10.0. The fourth-order valence-corrected chi connectivity index (χ4v) is 1.47. The first kappa shape index (κ1) is 10.4. The molecule has 0 saturated heterocycles. The van der Waals surface area contributed by atoms with Gasteiger partial charge in [0.15, 0.2) is 0 Å². The van der Waals surface area contributed by atoms with Crippen LogP contribution in [-0.2, 0) is 6.42 Å². The van der Waals surface area contributed by atoms with Gasteiger partial charge in [-0.25, -0.2) is 0 Å². The molecule has 1 aromatic rings. The Labute approximate surface area is 83.3 Å². The predicted molar refractivity (Wildman–Crippen MR) is 55.2 cm³/mol. The van der Waals surface area contributed by atoms with E-state index in [9.17, 15) is 5.11 Å². The molecule has 0 fully saturated rings. The molecule has 0 aliphatic heterocycles. The highest BCUT2D eigenvalue weighted by Gasteiger charge is 2.09. The van der Waals surface area contributed by atoms with Crippen LogP contribution < -0.4 is 5.73 Å². The summed E-state index contributed by atoms with van der Waals surface area (Å²) in [6, 6.07) is 3.33. The van der Waals surface area contributed by atoms with Gasteiger partial charge in [0.25, 0.3) is 0 Å². The van der Waals surface area contributed by atoms with Crippen molar-refractivity contribution in [2.75, 3.05) is 0 Å². The quantitative estimate of drug-likeness (QED) is 0.768. The molecule has 2 nitrogen and oxygen atoms in total. The van der Waals surface area contributed by atoms with Gasteiger partial charge < -0.3 is 10.8 Å². The van der Waals surface area contributed by atoms with Gasteiger partial charge in [0, 0.05) is 11.1 Å². The molecule has 13 heavy (non-hydrogen) atoms. The molecule has 0 bridgehead atoms. The van der Waals surface area contributed by atoms with Crippen LogP contribution in [0.2, 0.25) is 5.02 Å². The molecule has 72 valence electrons. The molecule has 0 heterocycles. The van der Waals surface area contributed by atoms with Crippen molar-refractivity contribution in [1.82, 2.24) is 0 Å². The lowest BCUT2D eigenvalue weighted by atomic mass is 10.0. The van der Waals surface area contributed by atoms with E-state index in [1.807, 2.05) is 13.8 Å². The van der Waals surface area contributed by atoms with Crippen LogP contribution in [0.25, 0.3) is 0 Å². The Morgan fingerprint density at radius 2 is 2.15 bits per heavy atom. The summed E-state index contributed by atoms with van der Waals surface area (Å²) in [4.78, 5) is 0. The van der Waals surface area contributed by atoms with E-state index in [1.54, 1.807) is 12.1 Å². The molecule has 0 aliphatic rings. The van der Waals surface area contributed by atoms with Crippen LogP contribution in [-0.4, -0.2) is 11.1 Å². The monoisotopic (exact) mass is 199 g/mol. The SMILES string of the molecule is Cc1c(Cl)ccc(O)c1CC(C)N. The number of hydrogen-bond acceptors (Lipinski definition) is 2. The Hall–Kier alpha value is -0.730. The van der Waals surface area contributed by atoms with E-state index in [4.69, 9.17) is 17.3 Å². The van der Waals surface area contributed by atoms with E-state index in [2.05, 4.69) is 0 Å². The van der Waals surface area contributed by atoms with E-state index in [0.717, 1.165) is 11.1 Å². The molecule has 0 amide bonds. The number of rotatable bonds is 2. The van der Waals surface area contributed by atoms with Gasteiger partial charge in [-0.2, -0.15) is 0 Å². The van der Waals surface area contributed by atoms with Crippen molar-refractivity contribution in [3.8, 4) is 5.75 Å². The highest BCUT2D eigenvalue weighted by Crippen LogP contribution is 2.27. The Morgan fingerprint density at radius 3 is 2.69 bits per heavy atom. The number of benzene rings is 1. The Balaban J connectivity index is 3.10. The average molecular weight is 200 g/mol. The number of hydrogen-bond donors (Lipinski definition) is 2. The first-order chi connectivity index (χ1) is 6.02. The van der Waals surface area contributed by atoms with Crippen molar-refractivity contribution < 1.29 is 5.11 Å². The lowest BCUT2D eigenvalue weighted by Crippen LogP contribution is -2.18. The van der Waals surface area contributed by atoms with Crippen LogP contribution in [0.3, 0.4) is 0 Å². The second-order valence-corrected chi connectivity index (χ2v) is 3.76. The molecule has 0 radical (unpaired) electrons. The Morgan fingerprint density at radius 1 is 1.54 bits per heavy atom. The van der Waals surface area contributed by atoms with E-state index >= 15 is 0 Å². The minimum absolute atomic E-state index is 0.0306. The van der Waals surface area contributed by atoms with Crippen molar-refractivity contribution >= 4 is 11.6 Å². The second kappa shape index (κ2) is 3.99. The van der Waals surface area contributed by atoms with E-state index < -0.39 is 0 Å². The van der Waals surface area contributed by atoms with Crippen molar-refractivity contribution in [3.05, 3.63) is 28.3 Å². The smallest absolute Gasteiger partial charge is 0.119 e. The van der Waals surface area contributed by atoms with Crippen LogP contribution in [0.5, 0.6) is 5.75 Å². The predicted octanol–water partition coefficient (Wildman–Crippen LogP) is 2.24. The van der Waals surface area contributed by atoms with Gasteiger partial charge in [-0.05, 0) is 43.5 Å². The zero-order valence-corrected chi connectivity index (χ0v) is 8.60. The molecular formula is C10H14ClNO. The highest BCUT2D eigenvalue weighted by molar-refractivity contribution is 6.31. The summed E-state index contributed by atoms with van der Waals surface area (Å²) in [6.45, 7) is 3.79. The largest absolute Gasteiger partial charge is 0.508 e. The molecule has 0 aromatic heterocycles. The topological polar surface area (TPSA) is 46.2 Å². The highest BCUT2D eigenvalue weighted by atomic mass is 35.5. The number of nitrogens with two attached hydrogens (primary N) is 1. The van der Waals surface area contributed by atoms with Crippen molar-refractivity contribution in [2.24, 2.45) is 5.73 Å². The van der Waals surface area contributed by atoms with Crippen LogP contribution in [0.4, 0.5) is 0 Å².